The summed E-state index contributed by atoms with van der Waals surface area (Å²) in [5.74, 6) is 0.865. The largest absolute Gasteiger partial charge is 0.465 e. The van der Waals surface area contributed by atoms with Crippen LogP contribution in [0.3, 0.4) is 0 Å². The Morgan fingerprint density at radius 3 is 2.58 bits per heavy atom. The highest BCUT2D eigenvalue weighted by Crippen LogP contribution is 2.33. The van der Waals surface area contributed by atoms with E-state index in [1.807, 2.05) is 25.3 Å². The number of nitrogens with zero attached hydrogens (tertiary/aromatic N) is 3. The van der Waals surface area contributed by atoms with Crippen LogP contribution in [-0.2, 0) is 6.54 Å². The Hall–Kier alpha value is -2.05. The van der Waals surface area contributed by atoms with Gasteiger partial charge in [0.25, 0.3) is 0 Å². The quantitative estimate of drug-likeness (QED) is 0.904. The maximum Gasteiger partial charge on any atom is 0.407 e. The first-order chi connectivity index (χ1) is 11.5. The third kappa shape index (κ3) is 2.56. The molecule has 2 aromatic heterocycles. The van der Waals surface area contributed by atoms with Crippen LogP contribution in [0.4, 0.5) is 4.79 Å². The first-order valence-corrected chi connectivity index (χ1v) is 8.50. The van der Waals surface area contributed by atoms with Gasteiger partial charge in [-0.15, -0.1) is 0 Å². The average Bonchev–Trinajstić information content (AvgIpc) is 3.19. The Labute approximate surface area is 140 Å². The third-order valence-corrected chi connectivity index (χ3v) is 5.47. The lowest BCUT2D eigenvalue weighted by molar-refractivity contribution is 0.148. The Morgan fingerprint density at radius 2 is 1.96 bits per heavy atom. The van der Waals surface area contributed by atoms with Crippen molar-refractivity contribution < 1.29 is 15.0 Å². The zero-order chi connectivity index (χ0) is 16.8. The molecule has 2 aliphatic heterocycles. The van der Waals surface area contributed by atoms with Crippen LogP contribution in [0.2, 0.25) is 0 Å². The van der Waals surface area contributed by atoms with Gasteiger partial charge in [0.05, 0.1) is 6.10 Å². The van der Waals surface area contributed by atoms with E-state index in [1.165, 1.54) is 0 Å². The molecule has 4 rings (SSSR count). The van der Waals surface area contributed by atoms with E-state index >= 15 is 0 Å². The molecule has 0 aromatic carbocycles. The van der Waals surface area contributed by atoms with Gasteiger partial charge in [0, 0.05) is 55.7 Å². The number of fused-ring (bicyclic) bond motifs is 2. The molecule has 6 heteroatoms. The first-order valence-electron chi connectivity index (χ1n) is 8.50. The van der Waals surface area contributed by atoms with Crippen LogP contribution < -0.4 is 0 Å². The maximum atomic E-state index is 11.1. The average molecular weight is 329 g/mol. The molecular weight excluding hydrogens is 306 g/mol. The fraction of sp³-hybridized carbons (Fsp3) is 0.500. The number of hydrogen-bond acceptors (Lipinski definition) is 3. The van der Waals surface area contributed by atoms with Gasteiger partial charge < -0.3 is 19.5 Å². The zero-order valence-electron chi connectivity index (χ0n) is 13.8. The maximum absolute atomic E-state index is 11.1. The molecule has 4 heterocycles. The van der Waals surface area contributed by atoms with Gasteiger partial charge in [-0.2, -0.15) is 0 Å². The normalized spacial score (nSPS) is 25.3. The molecule has 0 spiro atoms. The summed E-state index contributed by atoms with van der Waals surface area (Å²) < 4.78 is 2.15. The highest BCUT2D eigenvalue weighted by molar-refractivity contribution is 5.65. The summed E-state index contributed by atoms with van der Waals surface area (Å²) in [6, 6.07) is 8.12. The molecule has 0 saturated carbocycles. The van der Waals surface area contributed by atoms with Gasteiger partial charge in [-0.05, 0) is 37.0 Å². The highest BCUT2D eigenvalue weighted by atomic mass is 16.4. The summed E-state index contributed by atoms with van der Waals surface area (Å²) in [4.78, 5) is 15.1. The minimum atomic E-state index is -0.801. The molecule has 0 bridgehead atoms. The predicted molar refractivity (Wildman–Crippen MR) is 89.9 cm³/mol. The lowest BCUT2D eigenvalue weighted by Crippen LogP contribution is -2.32. The predicted octanol–water partition coefficient (Wildman–Crippen LogP) is 2.03. The number of carbonyl (C=O) groups is 1. The van der Waals surface area contributed by atoms with Crippen molar-refractivity contribution in [3.8, 4) is 0 Å². The van der Waals surface area contributed by atoms with Crippen molar-refractivity contribution >= 4 is 11.6 Å². The number of hydrogen-bond donors (Lipinski definition) is 2. The fourth-order valence-electron chi connectivity index (χ4n) is 4.32. The Kier molecular flexibility index (Phi) is 3.73. The molecule has 2 saturated heterocycles. The molecule has 2 N–H and O–H groups in total. The van der Waals surface area contributed by atoms with Crippen LogP contribution in [0.25, 0.3) is 5.52 Å². The lowest BCUT2D eigenvalue weighted by Gasteiger charge is -2.21. The summed E-state index contributed by atoms with van der Waals surface area (Å²) in [6.45, 7) is 5.74. The Morgan fingerprint density at radius 1 is 1.25 bits per heavy atom. The summed E-state index contributed by atoms with van der Waals surface area (Å²) in [7, 11) is 0. The van der Waals surface area contributed by atoms with Crippen molar-refractivity contribution in [1.29, 1.82) is 0 Å². The molecule has 2 aromatic rings. The van der Waals surface area contributed by atoms with E-state index in [2.05, 4.69) is 21.4 Å². The van der Waals surface area contributed by atoms with Gasteiger partial charge in [0.1, 0.15) is 0 Å². The Balaban J connectivity index is 1.54. The Bertz CT molecular complexity index is 756. The monoisotopic (exact) mass is 329 g/mol. The molecule has 6 nitrogen and oxygen atoms in total. The number of rotatable bonds is 3. The molecule has 0 radical (unpaired) electrons. The van der Waals surface area contributed by atoms with Crippen LogP contribution >= 0.6 is 0 Å². The van der Waals surface area contributed by atoms with E-state index in [-0.39, 0.29) is 0 Å². The molecule has 1 unspecified atom stereocenters. The fourth-order valence-corrected chi connectivity index (χ4v) is 4.32. The van der Waals surface area contributed by atoms with E-state index in [0.717, 1.165) is 36.4 Å². The summed E-state index contributed by atoms with van der Waals surface area (Å²) in [6.07, 6.45) is 0.744. The van der Waals surface area contributed by atoms with E-state index in [0.29, 0.717) is 24.9 Å². The second-order valence-corrected chi connectivity index (χ2v) is 7.12. The van der Waals surface area contributed by atoms with Crippen molar-refractivity contribution in [2.24, 2.45) is 11.8 Å². The van der Waals surface area contributed by atoms with Gasteiger partial charge in [0.2, 0.25) is 0 Å². The molecule has 1 amide bonds. The van der Waals surface area contributed by atoms with Crippen molar-refractivity contribution in [1.82, 2.24) is 14.2 Å². The SMILES string of the molecule is CC(O)c1cc2ccccn2c1CN1C[C@@H]2CN(C(=O)O)C[C@@H]2C1. The first kappa shape index (κ1) is 15.5. The number of carboxylic acid groups (broad SMARTS) is 1. The summed E-state index contributed by atoms with van der Waals surface area (Å²) in [5.41, 5.74) is 3.21. The molecule has 3 atom stereocenters. The van der Waals surface area contributed by atoms with Crippen LogP contribution in [0, 0.1) is 11.8 Å². The second kappa shape index (κ2) is 5.79. The summed E-state index contributed by atoms with van der Waals surface area (Å²) in [5, 5.41) is 19.3. The number of aliphatic hydroxyl groups excluding tert-OH is 1. The van der Waals surface area contributed by atoms with Gasteiger partial charge in [-0.3, -0.25) is 4.90 Å². The number of aromatic nitrogens is 1. The van der Waals surface area contributed by atoms with Gasteiger partial charge >= 0.3 is 6.09 Å². The number of likely N-dealkylation sites (tertiary alicyclic amines) is 2. The topological polar surface area (TPSA) is 68.4 Å². The second-order valence-electron chi connectivity index (χ2n) is 7.12. The van der Waals surface area contributed by atoms with E-state index in [1.54, 1.807) is 4.90 Å². The van der Waals surface area contributed by atoms with E-state index in [9.17, 15) is 9.90 Å². The standard InChI is InChI=1S/C18H23N3O3/c1-12(22)16-6-15-4-2-3-5-21(15)17(16)11-19-7-13-9-20(18(23)24)10-14(13)8-19/h2-6,12-14,22H,7-11H2,1H3,(H,23,24)/t12?,13-,14+. The minimum Gasteiger partial charge on any atom is -0.465 e. The molecular formula is C18H23N3O3. The number of amides is 1. The van der Waals surface area contributed by atoms with Gasteiger partial charge in [-0.1, -0.05) is 6.07 Å². The van der Waals surface area contributed by atoms with Gasteiger partial charge in [-0.25, -0.2) is 4.79 Å². The lowest BCUT2D eigenvalue weighted by atomic mass is 10.0. The molecule has 128 valence electrons. The molecule has 0 aliphatic carbocycles. The molecule has 2 aliphatic rings. The molecule has 2 fully saturated rings. The van der Waals surface area contributed by atoms with Gasteiger partial charge in [0.15, 0.2) is 0 Å². The van der Waals surface area contributed by atoms with Crippen LogP contribution in [0.5, 0.6) is 0 Å². The smallest absolute Gasteiger partial charge is 0.407 e. The van der Waals surface area contributed by atoms with Crippen LogP contribution in [0.15, 0.2) is 30.5 Å². The van der Waals surface area contributed by atoms with E-state index < -0.39 is 12.2 Å². The van der Waals surface area contributed by atoms with Crippen molar-refractivity contribution in [3.63, 3.8) is 0 Å². The summed E-state index contributed by atoms with van der Waals surface area (Å²) >= 11 is 0. The third-order valence-electron chi connectivity index (χ3n) is 5.47. The number of pyridine rings is 1. The minimum absolute atomic E-state index is 0.433. The van der Waals surface area contributed by atoms with Crippen molar-refractivity contribution in [2.75, 3.05) is 26.2 Å². The molecule has 24 heavy (non-hydrogen) atoms. The van der Waals surface area contributed by atoms with E-state index in [4.69, 9.17) is 5.11 Å². The highest BCUT2D eigenvalue weighted by Gasteiger charge is 2.41. The zero-order valence-corrected chi connectivity index (χ0v) is 13.8. The van der Waals surface area contributed by atoms with Crippen molar-refractivity contribution in [2.45, 2.75) is 19.6 Å². The van der Waals surface area contributed by atoms with Crippen molar-refractivity contribution in [3.05, 3.63) is 41.7 Å². The number of aliphatic hydroxyl groups is 1. The van der Waals surface area contributed by atoms with Crippen LogP contribution in [-0.4, -0.2) is 56.7 Å². The van der Waals surface area contributed by atoms with Crippen LogP contribution in [0.1, 0.15) is 24.3 Å².